The van der Waals surface area contributed by atoms with Crippen LogP contribution in [0.25, 0.3) is 5.70 Å². The van der Waals surface area contributed by atoms with E-state index in [0.717, 1.165) is 0 Å². The number of para-hydroxylation sites is 1. The largest absolute Gasteiger partial charge is 0.331 e. The van der Waals surface area contributed by atoms with Gasteiger partial charge in [-0.05, 0) is 49.1 Å². The molecule has 4 aromatic rings. The third-order valence-electron chi connectivity index (χ3n) is 7.43. The number of anilines is 1. The molecule has 0 N–H and O–H groups in total. The molecule has 2 unspecified atom stereocenters. The first-order valence-electron chi connectivity index (χ1n) is 11.7. The van der Waals surface area contributed by atoms with Crippen LogP contribution in [0.3, 0.4) is 0 Å². The first-order chi connectivity index (χ1) is 16.1. The minimum atomic E-state index is -0.285. The molecule has 0 fully saturated rings. The lowest BCUT2D eigenvalue weighted by Gasteiger charge is -2.44. The van der Waals surface area contributed by atoms with Crippen molar-refractivity contribution in [1.82, 2.24) is 4.90 Å². The molecule has 0 aliphatic carbocycles. The molecule has 0 amide bonds. The Balaban J connectivity index is 1.68. The zero-order valence-electron chi connectivity index (χ0n) is 19.4. The van der Waals surface area contributed by atoms with Crippen LogP contribution in [0, 0.1) is 6.92 Å². The van der Waals surface area contributed by atoms with Crippen LogP contribution in [0.5, 0.6) is 0 Å². The number of nitrogens with zero attached hydrogens (tertiary/aromatic N) is 2. The fraction of sp³-hybridized carbons (Fsp3) is 0.161. The van der Waals surface area contributed by atoms with Gasteiger partial charge >= 0.3 is 0 Å². The molecule has 0 bridgehead atoms. The fourth-order valence-electron chi connectivity index (χ4n) is 5.87. The first-order valence-corrected chi connectivity index (χ1v) is 11.7. The number of hydrogen-bond donors (Lipinski definition) is 0. The quantitative estimate of drug-likeness (QED) is 0.334. The first kappa shape index (κ1) is 19.9. The normalized spacial score (nSPS) is 21.4. The fourth-order valence-corrected chi connectivity index (χ4v) is 5.87. The van der Waals surface area contributed by atoms with Crippen LogP contribution in [0.1, 0.15) is 47.8 Å². The van der Waals surface area contributed by atoms with E-state index in [1.54, 1.807) is 0 Å². The van der Waals surface area contributed by atoms with Crippen molar-refractivity contribution in [2.45, 2.75) is 32.5 Å². The molecule has 2 atom stereocenters. The molecular formula is C31H28N2. The third kappa shape index (κ3) is 2.74. The Kier molecular flexibility index (Phi) is 4.45. The summed E-state index contributed by atoms with van der Waals surface area (Å²) >= 11 is 0. The van der Waals surface area contributed by atoms with E-state index in [2.05, 4.69) is 140 Å². The van der Waals surface area contributed by atoms with Gasteiger partial charge in [0, 0.05) is 16.9 Å². The monoisotopic (exact) mass is 428 g/mol. The standard InChI is InChI=1S/C31H28N2/c1-22-14-10-13-21-28(22)32-23(2)29-26-19-11-12-20-27(26)31(3,25-17-8-5-9-18-25)33(29)30(32)24-15-6-4-7-16-24/h4-21,30H,1-3H3. The highest BCUT2D eigenvalue weighted by atomic mass is 15.5. The van der Waals surface area contributed by atoms with Gasteiger partial charge in [-0.1, -0.05) is 103 Å². The Morgan fingerprint density at radius 3 is 2.00 bits per heavy atom. The van der Waals surface area contributed by atoms with Gasteiger partial charge in [-0.25, -0.2) is 0 Å². The Hall–Kier alpha value is -3.78. The van der Waals surface area contributed by atoms with Gasteiger partial charge in [0.2, 0.25) is 0 Å². The summed E-state index contributed by atoms with van der Waals surface area (Å²) in [6, 6.07) is 39.6. The average Bonchev–Trinajstić information content (AvgIpc) is 3.32. The summed E-state index contributed by atoms with van der Waals surface area (Å²) in [5.41, 5.74) is 10.2. The minimum absolute atomic E-state index is 0.0555. The average molecular weight is 429 g/mol. The van der Waals surface area contributed by atoms with E-state index in [-0.39, 0.29) is 11.7 Å². The Labute approximate surface area is 196 Å². The summed E-state index contributed by atoms with van der Waals surface area (Å²) in [5, 5.41) is 0. The van der Waals surface area contributed by atoms with Gasteiger partial charge in [-0.2, -0.15) is 0 Å². The van der Waals surface area contributed by atoms with Crippen LogP contribution in [0.4, 0.5) is 5.69 Å². The second kappa shape index (κ2) is 7.38. The second-order valence-corrected chi connectivity index (χ2v) is 9.23. The Bertz CT molecular complexity index is 1360. The summed E-state index contributed by atoms with van der Waals surface area (Å²) in [6.07, 6.45) is 0.0555. The molecule has 2 aliphatic heterocycles. The van der Waals surface area contributed by atoms with Crippen LogP contribution < -0.4 is 4.90 Å². The van der Waals surface area contributed by atoms with Gasteiger partial charge in [0.15, 0.2) is 0 Å². The maximum Gasteiger partial charge on any atom is 0.133 e. The number of hydrogen-bond acceptors (Lipinski definition) is 2. The van der Waals surface area contributed by atoms with Crippen molar-refractivity contribution >= 4 is 11.4 Å². The molecule has 0 radical (unpaired) electrons. The highest BCUT2D eigenvalue weighted by Crippen LogP contribution is 2.59. The van der Waals surface area contributed by atoms with Crippen LogP contribution in [0.2, 0.25) is 0 Å². The van der Waals surface area contributed by atoms with Crippen molar-refractivity contribution < 1.29 is 0 Å². The molecular weight excluding hydrogens is 400 g/mol. The molecule has 2 aliphatic rings. The minimum Gasteiger partial charge on any atom is -0.331 e. The number of allylic oxidation sites excluding steroid dienone is 1. The zero-order chi connectivity index (χ0) is 22.6. The van der Waals surface area contributed by atoms with Gasteiger partial charge < -0.3 is 9.80 Å². The predicted molar refractivity (Wildman–Crippen MR) is 137 cm³/mol. The van der Waals surface area contributed by atoms with E-state index >= 15 is 0 Å². The predicted octanol–water partition coefficient (Wildman–Crippen LogP) is 7.48. The second-order valence-electron chi connectivity index (χ2n) is 9.23. The Morgan fingerprint density at radius 2 is 1.27 bits per heavy atom. The van der Waals surface area contributed by atoms with E-state index < -0.39 is 0 Å². The molecule has 6 rings (SSSR count). The van der Waals surface area contributed by atoms with Crippen molar-refractivity contribution in [3.63, 3.8) is 0 Å². The highest BCUT2D eigenvalue weighted by molar-refractivity contribution is 5.84. The molecule has 0 spiro atoms. The molecule has 162 valence electrons. The van der Waals surface area contributed by atoms with Crippen LogP contribution >= 0.6 is 0 Å². The van der Waals surface area contributed by atoms with Gasteiger partial charge in [0.25, 0.3) is 0 Å². The molecule has 33 heavy (non-hydrogen) atoms. The van der Waals surface area contributed by atoms with Gasteiger partial charge in [-0.15, -0.1) is 0 Å². The van der Waals surface area contributed by atoms with Crippen molar-refractivity contribution in [2.24, 2.45) is 0 Å². The highest BCUT2D eigenvalue weighted by Gasteiger charge is 2.54. The number of rotatable bonds is 3. The van der Waals surface area contributed by atoms with Crippen molar-refractivity contribution in [3.8, 4) is 0 Å². The van der Waals surface area contributed by atoms with Gasteiger partial charge in [-0.3, -0.25) is 0 Å². The smallest absolute Gasteiger partial charge is 0.133 e. The van der Waals surface area contributed by atoms with E-state index in [9.17, 15) is 0 Å². The van der Waals surface area contributed by atoms with Crippen molar-refractivity contribution in [3.05, 3.63) is 143 Å². The SMILES string of the molecule is CC1=C2c3ccccc3C(C)(c3ccccc3)N2C(c2ccccc2)N1c1ccccc1C. The zero-order valence-corrected chi connectivity index (χ0v) is 19.4. The summed E-state index contributed by atoms with van der Waals surface area (Å²) in [6.45, 7) is 6.88. The van der Waals surface area contributed by atoms with Crippen LogP contribution in [-0.4, -0.2) is 4.90 Å². The van der Waals surface area contributed by atoms with E-state index in [4.69, 9.17) is 0 Å². The van der Waals surface area contributed by atoms with E-state index in [0.29, 0.717) is 0 Å². The lowest BCUT2D eigenvalue weighted by molar-refractivity contribution is 0.192. The summed E-state index contributed by atoms with van der Waals surface area (Å²) < 4.78 is 0. The van der Waals surface area contributed by atoms with E-state index in [1.807, 2.05) is 0 Å². The Morgan fingerprint density at radius 1 is 0.667 bits per heavy atom. The maximum absolute atomic E-state index is 2.66. The summed E-state index contributed by atoms with van der Waals surface area (Å²) in [5.74, 6) is 0. The van der Waals surface area contributed by atoms with Crippen molar-refractivity contribution in [1.29, 1.82) is 0 Å². The van der Waals surface area contributed by atoms with Crippen molar-refractivity contribution in [2.75, 3.05) is 4.90 Å². The van der Waals surface area contributed by atoms with Gasteiger partial charge in [0.1, 0.15) is 6.17 Å². The van der Waals surface area contributed by atoms with Gasteiger partial charge in [0.05, 0.1) is 11.2 Å². The third-order valence-corrected chi connectivity index (χ3v) is 7.43. The lowest BCUT2D eigenvalue weighted by Crippen LogP contribution is -2.43. The van der Waals surface area contributed by atoms with Crippen LogP contribution in [-0.2, 0) is 5.54 Å². The molecule has 0 aromatic heterocycles. The topological polar surface area (TPSA) is 6.48 Å². The summed E-state index contributed by atoms with van der Waals surface area (Å²) in [7, 11) is 0. The maximum atomic E-state index is 2.66. The molecule has 4 aromatic carbocycles. The molecule has 2 heteroatoms. The van der Waals surface area contributed by atoms with Crippen LogP contribution in [0.15, 0.2) is 115 Å². The molecule has 2 heterocycles. The molecule has 0 saturated carbocycles. The summed E-state index contributed by atoms with van der Waals surface area (Å²) in [4.78, 5) is 5.20. The van der Waals surface area contributed by atoms with E-state index in [1.165, 1.54) is 44.9 Å². The molecule has 0 saturated heterocycles. The molecule has 2 nitrogen and oxygen atoms in total. The number of benzene rings is 4. The number of fused-ring (bicyclic) bond motifs is 3. The lowest BCUT2D eigenvalue weighted by atomic mass is 9.83. The number of aryl methyl sites for hydroxylation is 1.